The largest absolute Gasteiger partial charge is 0.347 e. The quantitative estimate of drug-likeness (QED) is 0.291. The Kier molecular flexibility index (Phi) is 4.52. The maximum atomic E-state index is 5.50. The number of hydrazine groups is 1. The van der Waals surface area contributed by atoms with E-state index >= 15 is 0 Å². The molecule has 0 spiro atoms. The lowest BCUT2D eigenvalue weighted by atomic mass is 10.2. The first-order valence-electron chi connectivity index (χ1n) is 6.19. The van der Waals surface area contributed by atoms with Crippen LogP contribution in [0.25, 0.3) is 0 Å². The third-order valence-electron chi connectivity index (χ3n) is 2.68. The van der Waals surface area contributed by atoms with Crippen molar-refractivity contribution in [2.24, 2.45) is 10.8 Å². The Bertz CT molecular complexity index is 505. The molecule has 0 aliphatic heterocycles. The van der Waals surface area contributed by atoms with Crippen LogP contribution in [0.3, 0.4) is 0 Å². The molecule has 6 heteroatoms. The molecule has 0 saturated heterocycles. The number of benzene rings is 1. The number of para-hydroxylation sites is 1. The van der Waals surface area contributed by atoms with E-state index in [1.54, 1.807) is 12.4 Å². The average Bonchev–Trinajstić information content (AvgIpc) is 2.98. The van der Waals surface area contributed by atoms with E-state index in [0.717, 1.165) is 17.9 Å². The van der Waals surface area contributed by atoms with Crippen molar-refractivity contribution >= 4 is 11.6 Å². The van der Waals surface area contributed by atoms with Crippen molar-refractivity contribution in [1.29, 1.82) is 0 Å². The van der Waals surface area contributed by atoms with Gasteiger partial charge in [-0.05, 0) is 18.6 Å². The molecule has 0 amide bonds. The number of rotatable bonds is 4. The first-order valence-corrected chi connectivity index (χ1v) is 6.19. The molecular formula is C13H18N6. The number of nitrogens with one attached hydrogen (secondary N) is 3. The summed E-state index contributed by atoms with van der Waals surface area (Å²) in [4.78, 5) is 11.8. The molecule has 1 atom stereocenters. The molecule has 5 N–H and O–H groups in total. The van der Waals surface area contributed by atoms with E-state index in [1.165, 1.54) is 0 Å². The highest BCUT2D eigenvalue weighted by atomic mass is 15.3. The van der Waals surface area contributed by atoms with E-state index in [0.29, 0.717) is 5.96 Å². The second-order valence-electron chi connectivity index (χ2n) is 4.01. The lowest BCUT2D eigenvalue weighted by Crippen LogP contribution is -2.36. The van der Waals surface area contributed by atoms with Gasteiger partial charge in [0.25, 0.3) is 0 Å². The lowest BCUT2D eigenvalue weighted by Gasteiger charge is -2.13. The van der Waals surface area contributed by atoms with Gasteiger partial charge >= 0.3 is 0 Å². The maximum absolute atomic E-state index is 5.50. The lowest BCUT2D eigenvalue weighted by molar-refractivity contribution is 0.656. The normalized spacial score (nSPS) is 13.1. The second kappa shape index (κ2) is 6.55. The van der Waals surface area contributed by atoms with Crippen molar-refractivity contribution < 1.29 is 0 Å². The standard InChI is InChI=1S/C13H18N6/c1-2-11(12-15-8-9-16-12)18-13(19-14)17-10-6-4-3-5-7-10/h3-9,11H,2,14H2,1H3,(H,15,16)(H2,17,18,19). The molecule has 0 radical (unpaired) electrons. The molecule has 1 aromatic heterocycles. The summed E-state index contributed by atoms with van der Waals surface area (Å²) in [6.45, 7) is 2.05. The maximum Gasteiger partial charge on any atom is 0.210 e. The molecule has 1 heterocycles. The predicted octanol–water partition coefficient (Wildman–Crippen LogP) is 1.79. The van der Waals surface area contributed by atoms with Gasteiger partial charge in [-0.15, -0.1) is 0 Å². The number of aromatic amines is 1. The van der Waals surface area contributed by atoms with Crippen LogP contribution in [0, 0.1) is 0 Å². The van der Waals surface area contributed by atoms with Crippen molar-refractivity contribution in [2.45, 2.75) is 19.4 Å². The number of nitrogens with two attached hydrogens (primary N) is 1. The van der Waals surface area contributed by atoms with Gasteiger partial charge in [0.05, 0.1) is 0 Å². The Labute approximate surface area is 112 Å². The summed E-state index contributed by atoms with van der Waals surface area (Å²) in [7, 11) is 0. The molecule has 0 aliphatic carbocycles. The monoisotopic (exact) mass is 258 g/mol. The molecular weight excluding hydrogens is 240 g/mol. The molecule has 1 unspecified atom stereocenters. The highest BCUT2D eigenvalue weighted by Gasteiger charge is 2.11. The summed E-state index contributed by atoms with van der Waals surface area (Å²) >= 11 is 0. The Hall–Kier alpha value is -2.34. The summed E-state index contributed by atoms with van der Waals surface area (Å²) in [5.41, 5.74) is 3.50. The van der Waals surface area contributed by atoms with Crippen LogP contribution in [0.4, 0.5) is 5.69 Å². The Morgan fingerprint density at radius 3 is 2.79 bits per heavy atom. The molecule has 0 bridgehead atoms. The summed E-state index contributed by atoms with van der Waals surface area (Å²) in [5, 5.41) is 3.13. The number of anilines is 1. The molecule has 0 fully saturated rings. The van der Waals surface area contributed by atoms with Crippen LogP contribution < -0.4 is 16.6 Å². The number of aliphatic imine (C=N–C) groups is 1. The Morgan fingerprint density at radius 2 is 2.21 bits per heavy atom. The zero-order valence-corrected chi connectivity index (χ0v) is 10.8. The second-order valence-corrected chi connectivity index (χ2v) is 4.01. The Morgan fingerprint density at radius 1 is 1.42 bits per heavy atom. The van der Waals surface area contributed by atoms with Crippen LogP contribution in [-0.2, 0) is 0 Å². The fourth-order valence-electron chi connectivity index (χ4n) is 1.73. The predicted molar refractivity (Wildman–Crippen MR) is 76.4 cm³/mol. The number of aromatic nitrogens is 2. The SMILES string of the molecule is CCC(N=C(NN)Nc1ccccc1)c1ncc[nH]1. The highest BCUT2D eigenvalue weighted by molar-refractivity contribution is 5.93. The van der Waals surface area contributed by atoms with Crippen molar-refractivity contribution in [2.75, 3.05) is 5.32 Å². The third-order valence-corrected chi connectivity index (χ3v) is 2.68. The van der Waals surface area contributed by atoms with Crippen LogP contribution in [-0.4, -0.2) is 15.9 Å². The average molecular weight is 258 g/mol. The number of guanidine groups is 1. The van der Waals surface area contributed by atoms with Crippen LogP contribution in [0.5, 0.6) is 0 Å². The highest BCUT2D eigenvalue weighted by Crippen LogP contribution is 2.17. The van der Waals surface area contributed by atoms with E-state index in [-0.39, 0.29) is 6.04 Å². The number of imidazole rings is 1. The van der Waals surface area contributed by atoms with Gasteiger partial charge in [0.2, 0.25) is 5.96 Å². The van der Waals surface area contributed by atoms with Gasteiger partial charge in [-0.3, -0.25) is 5.43 Å². The van der Waals surface area contributed by atoms with Gasteiger partial charge in [-0.25, -0.2) is 15.8 Å². The molecule has 0 saturated carbocycles. The van der Waals surface area contributed by atoms with E-state index in [4.69, 9.17) is 5.84 Å². The van der Waals surface area contributed by atoms with E-state index in [1.807, 2.05) is 37.3 Å². The fraction of sp³-hybridized carbons (Fsp3) is 0.231. The van der Waals surface area contributed by atoms with Gasteiger partial charge in [0.1, 0.15) is 11.9 Å². The molecule has 2 rings (SSSR count). The third kappa shape index (κ3) is 3.56. The zero-order valence-electron chi connectivity index (χ0n) is 10.8. The first-order chi connectivity index (χ1) is 9.33. The van der Waals surface area contributed by atoms with Gasteiger partial charge in [0, 0.05) is 18.1 Å². The van der Waals surface area contributed by atoms with E-state index < -0.39 is 0 Å². The summed E-state index contributed by atoms with van der Waals surface area (Å²) in [5.74, 6) is 6.84. The molecule has 1 aromatic carbocycles. The molecule has 19 heavy (non-hydrogen) atoms. The van der Waals surface area contributed by atoms with Crippen LogP contribution in [0.1, 0.15) is 25.2 Å². The zero-order chi connectivity index (χ0) is 13.5. The van der Waals surface area contributed by atoms with Crippen molar-refractivity contribution in [1.82, 2.24) is 15.4 Å². The molecule has 0 aliphatic rings. The summed E-state index contributed by atoms with van der Waals surface area (Å²) in [6.07, 6.45) is 4.33. The fourth-order valence-corrected chi connectivity index (χ4v) is 1.73. The van der Waals surface area contributed by atoms with E-state index in [2.05, 4.69) is 25.7 Å². The number of nitrogens with zero attached hydrogens (tertiary/aromatic N) is 2. The smallest absolute Gasteiger partial charge is 0.210 e. The van der Waals surface area contributed by atoms with Gasteiger partial charge < -0.3 is 10.3 Å². The number of hydrogen-bond acceptors (Lipinski definition) is 3. The molecule has 100 valence electrons. The first kappa shape index (κ1) is 13.1. The Balaban J connectivity index is 2.13. The van der Waals surface area contributed by atoms with Crippen molar-refractivity contribution in [3.05, 3.63) is 48.5 Å². The van der Waals surface area contributed by atoms with Crippen LogP contribution in [0.15, 0.2) is 47.7 Å². The van der Waals surface area contributed by atoms with Gasteiger partial charge in [-0.2, -0.15) is 0 Å². The molecule has 6 nitrogen and oxygen atoms in total. The minimum atomic E-state index is -0.0581. The van der Waals surface area contributed by atoms with Crippen LogP contribution >= 0.6 is 0 Å². The number of hydrogen-bond donors (Lipinski definition) is 4. The van der Waals surface area contributed by atoms with E-state index in [9.17, 15) is 0 Å². The topological polar surface area (TPSA) is 91.1 Å². The summed E-state index contributed by atoms with van der Waals surface area (Å²) < 4.78 is 0. The van der Waals surface area contributed by atoms with Crippen LogP contribution in [0.2, 0.25) is 0 Å². The molecule has 2 aromatic rings. The van der Waals surface area contributed by atoms with Crippen molar-refractivity contribution in [3.63, 3.8) is 0 Å². The minimum Gasteiger partial charge on any atom is -0.347 e. The summed E-state index contributed by atoms with van der Waals surface area (Å²) in [6, 6.07) is 9.68. The van der Waals surface area contributed by atoms with Crippen molar-refractivity contribution in [3.8, 4) is 0 Å². The number of H-pyrrole nitrogens is 1. The van der Waals surface area contributed by atoms with Gasteiger partial charge in [0.15, 0.2) is 0 Å². The minimum absolute atomic E-state index is 0.0581. The van der Waals surface area contributed by atoms with Gasteiger partial charge in [-0.1, -0.05) is 25.1 Å².